The van der Waals surface area contributed by atoms with Crippen LogP contribution in [0.25, 0.3) is 5.69 Å². The summed E-state index contributed by atoms with van der Waals surface area (Å²) in [6, 6.07) is 10.7. The van der Waals surface area contributed by atoms with Crippen LogP contribution in [-0.2, 0) is 0 Å². The van der Waals surface area contributed by atoms with E-state index in [0.717, 1.165) is 5.69 Å². The van der Waals surface area contributed by atoms with E-state index in [1.807, 2.05) is 35.0 Å². The molecule has 0 aliphatic rings. The molecule has 1 N–H and O–H groups in total. The third-order valence-electron chi connectivity index (χ3n) is 2.72. The molecule has 0 aliphatic carbocycles. The smallest absolute Gasteiger partial charge is 0.291 e. The lowest BCUT2D eigenvalue weighted by molar-refractivity contribution is 0.0995. The van der Waals surface area contributed by atoms with Crippen molar-refractivity contribution in [1.29, 1.82) is 0 Å². The molecule has 1 amide bonds. The highest BCUT2D eigenvalue weighted by atomic mass is 79.9. The van der Waals surface area contributed by atoms with Gasteiger partial charge in [0, 0.05) is 23.8 Å². The summed E-state index contributed by atoms with van der Waals surface area (Å²) in [5, 5.41) is 2.77. The number of carbonyl (C=O) groups excluding carboxylic acids is 1. The maximum absolute atomic E-state index is 11.9. The highest BCUT2D eigenvalue weighted by Crippen LogP contribution is 2.17. The van der Waals surface area contributed by atoms with Gasteiger partial charge in [0.1, 0.15) is 0 Å². The monoisotopic (exact) mass is 331 g/mol. The van der Waals surface area contributed by atoms with Crippen LogP contribution >= 0.6 is 15.9 Å². The second-order valence-corrected chi connectivity index (χ2v) is 4.86. The predicted octanol–water partition coefficient (Wildman–Crippen LogP) is 3.48. The highest BCUT2D eigenvalue weighted by Gasteiger charge is 2.10. The largest absolute Gasteiger partial charge is 0.444 e. The lowest BCUT2D eigenvalue weighted by atomic mass is 10.2. The number of hydrogen-bond acceptors (Lipinski definition) is 3. The number of anilines is 1. The van der Waals surface area contributed by atoms with Crippen LogP contribution in [0.2, 0.25) is 0 Å². The number of benzene rings is 1. The number of amides is 1. The van der Waals surface area contributed by atoms with Crippen molar-refractivity contribution in [3.63, 3.8) is 0 Å². The molecular weight excluding hydrogens is 322 g/mol. The number of imidazole rings is 1. The molecule has 0 saturated heterocycles. The maximum Gasteiger partial charge on any atom is 0.291 e. The molecule has 5 nitrogen and oxygen atoms in total. The molecule has 0 spiro atoms. The van der Waals surface area contributed by atoms with Crippen LogP contribution in [0, 0.1) is 0 Å². The van der Waals surface area contributed by atoms with Crippen molar-refractivity contribution in [3.05, 3.63) is 65.5 Å². The minimum absolute atomic E-state index is 0.260. The van der Waals surface area contributed by atoms with Gasteiger partial charge in [-0.3, -0.25) is 4.79 Å². The number of halogens is 1. The summed E-state index contributed by atoms with van der Waals surface area (Å²) in [7, 11) is 0. The molecular formula is C14H10BrN3O2. The summed E-state index contributed by atoms with van der Waals surface area (Å²) in [5.41, 5.74) is 1.67. The SMILES string of the molecule is O=C(Nc1ccc(-n2ccnc2)cc1)c1ccc(Br)o1. The van der Waals surface area contributed by atoms with Gasteiger partial charge in [0.25, 0.3) is 5.91 Å². The first kappa shape index (κ1) is 12.7. The van der Waals surface area contributed by atoms with Gasteiger partial charge < -0.3 is 14.3 Å². The Hall–Kier alpha value is -2.34. The number of rotatable bonds is 3. The van der Waals surface area contributed by atoms with E-state index in [0.29, 0.717) is 10.4 Å². The zero-order chi connectivity index (χ0) is 13.9. The van der Waals surface area contributed by atoms with Crippen LogP contribution in [-0.4, -0.2) is 15.5 Å². The number of aromatic nitrogens is 2. The van der Waals surface area contributed by atoms with Crippen LogP contribution in [0.4, 0.5) is 5.69 Å². The van der Waals surface area contributed by atoms with Crippen LogP contribution in [0.3, 0.4) is 0 Å². The van der Waals surface area contributed by atoms with E-state index in [4.69, 9.17) is 4.42 Å². The van der Waals surface area contributed by atoms with Gasteiger partial charge in [-0.15, -0.1) is 0 Å². The maximum atomic E-state index is 11.9. The average molecular weight is 332 g/mol. The fraction of sp³-hybridized carbons (Fsp3) is 0. The summed E-state index contributed by atoms with van der Waals surface area (Å²) < 4.78 is 7.60. The van der Waals surface area contributed by atoms with Crippen LogP contribution in [0.5, 0.6) is 0 Å². The zero-order valence-corrected chi connectivity index (χ0v) is 11.9. The van der Waals surface area contributed by atoms with Gasteiger partial charge in [-0.25, -0.2) is 4.98 Å². The molecule has 0 unspecified atom stereocenters. The standard InChI is InChI=1S/C14H10BrN3O2/c15-13-6-5-12(20-13)14(19)17-10-1-3-11(4-2-10)18-8-7-16-9-18/h1-9H,(H,17,19). The normalized spacial score (nSPS) is 10.4. The van der Waals surface area contributed by atoms with Crippen molar-refractivity contribution in [2.75, 3.05) is 5.32 Å². The summed E-state index contributed by atoms with van der Waals surface area (Å²) in [6.45, 7) is 0. The molecule has 0 saturated carbocycles. The molecule has 0 atom stereocenters. The van der Waals surface area contributed by atoms with Gasteiger partial charge in [0.05, 0.1) is 6.33 Å². The minimum atomic E-state index is -0.286. The quantitative estimate of drug-likeness (QED) is 0.799. The van der Waals surface area contributed by atoms with E-state index in [2.05, 4.69) is 26.2 Å². The van der Waals surface area contributed by atoms with Crippen LogP contribution in [0.1, 0.15) is 10.6 Å². The number of nitrogens with one attached hydrogen (secondary N) is 1. The molecule has 100 valence electrons. The van der Waals surface area contributed by atoms with Crippen molar-refractivity contribution in [2.24, 2.45) is 0 Å². The molecule has 3 rings (SSSR count). The number of nitrogens with zero attached hydrogens (tertiary/aromatic N) is 2. The average Bonchev–Trinajstić information content (AvgIpc) is 3.10. The molecule has 0 fully saturated rings. The van der Waals surface area contributed by atoms with E-state index < -0.39 is 0 Å². The Kier molecular flexibility index (Phi) is 3.39. The Morgan fingerprint density at radius 1 is 1.20 bits per heavy atom. The molecule has 3 aromatic rings. The van der Waals surface area contributed by atoms with Crippen LogP contribution in [0.15, 0.2) is 64.2 Å². The molecule has 6 heteroatoms. The molecule has 2 aromatic heterocycles. The molecule has 0 radical (unpaired) electrons. The van der Waals surface area contributed by atoms with Gasteiger partial charge in [0.15, 0.2) is 10.4 Å². The van der Waals surface area contributed by atoms with E-state index in [1.54, 1.807) is 24.7 Å². The van der Waals surface area contributed by atoms with Gasteiger partial charge in [-0.1, -0.05) is 0 Å². The number of carbonyl (C=O) groups is 1. The third-order valence-corrected chi connectivity index (χ3v) is 3.15. The fourth-order valence-electron chi connectivity index (χ4n) is 1.76. The zero-order valence-electron chi connectivity index (χ0n) is 10.3. The Bertz CT molecular complexity index is 717. The molecule has 20 heavy (non-hydrogen) atoms. The predicted molar refractivity (Wildman–Crippen MR) is 77.9 cm³/mol. The van der Waals surface area contributed by atoms with Gasteiger partial charge in [0.2, 0.25) is 0 Å². The summed E-state index contributed by atoms with van der Waals surface area (Å²) in [5.74, 6) is -0.0263. The van der Waals surface area contributed by atoms with Gasteiger partial charge >= 0.3 is 0 Å². The van der Waals surface area contributed by atoms with Gasteiger partial charge in [-0.05, 0) is 52.3 Å². The molecule has 2 heterocycles. The van der Waals surface area contributed by atoms with E-state index in [9.17, 15) is 4.79 Å². The second-order valence-electron chi connectivity index (χ2n) is 4.07. The topological polar surface area (TPSA) is 60.1 Å². The first-order chi connectivity index (χ1) is 9.72. The summed E-state index contributed by atoms with van der Waals surface area (Å²) in [6.07, 6.45) is 5.28. The van der Waals surface area contributed by atoms with E-state index in [-0.39, 0.29) is 11.7 Å². The Balaban J connectivity index is 1.74. The van der Waals surface area contributed by atoms with Crippen molar-refractivity contribution in [1.82, 2.24) is 9.55 Å². The molecule has 0 bridgehead atoms. The Labute approximate surface area is 123 Å². The molecule has 0 aliphatic heterocycles. The van der Waals surface area contributed by atoms with Gasteiger partial charge in [-0.2, -0.15) is 0 Å². The van der Waals surface area contributed by atoms with Crippen molar-refractivity contribution >= 4 is 27.5 Å². The van der Waals surface area contributed by atoms with Crippen molar-refractivity contribution < 1.29 is 9.21 Å². The van der Waals surface area contributed by atoms with Crippen LogP contribution < -0.4 is 5.32 Å². The minimum Gasteiger partial charge on any atom is -0.444 e. The van der Waals surface area contributed by atoms with Crippen molar-refractivity contribution in [3.8, 4) is 5.69 Å². The summed E-state index contributed by atoms with van der Waals surface area (Å²) in [4.78, 5) is 15.9. The molecule has 1 aromatic carbocycles. The third kappa shape index (κ3) is 2.65. The number of furan rings is 1. The Morgan fingerprint density at radius 3 is 2.60 bits per heavy atom. The van der Waals surface area contributed by atoms with Crippen molar-refractivity contribution in [2.45, 2.75) is 0 Å². The second kappa shape index (κ2) is 5.34. The first-order valence-electron chi connectivity index (χ1n) is 5.87. The lowest BCUT2D eigenvalue weighted by Crippen LogP contribution is -2.10. The van der Waals surface area contributed by atoms with E-state index in [1.165, 1.54) is 0 Å². The summed E-state index contributed by atoms with van der Waals surface area (Å²) >= 11 is 3.16. The first-order valence-corrected chi connectivity index (χ1v) is 6.67. The fourth-order valence-corrected chi connectivity index (χ4v) is 2.06. The highest BCUT2D eigenvalue weighted by molar-refractivity contribution is 9.10. The lowest BCUT2D eigenvalue weighted by Gasteiger charge is -2.05. The number of hydrogen-bond donors (Lipinski definition) is 1. The Morgan fingerprint density at radius 2 is 2.00 bits per heavy atom. The van der Waals surface area contributed by atoms with E-state index >= 15 is 0 Å².